The van der Waals surface area contributed by atoms with Crippen LogP contribution in [-0.4, -0.2) is 16.2 Å². The summed E-state index contributed by atoms with van der Waals surface area (Å²) in [4.78, 5) is 10.7. The lowest BCUT2D eigenvalue weighted by molar-refractivity contribution is -0.132. The van der Waals surface area contributed by atoms with E-state index in [1.54, 1.807) is 12.1 Å². The molecule has 2 N–H and O–H groups in total. The van der Waals surface area contributed by atoms with E-state index < -0.39 is 12.1 Å². The summed E-state index contributed by atoms with van der Waals surface area (Å²) < 4.78 is 0. The number of benzene rings is 2. The highest BCUT2D eigenvalue weighted by Gasteiger charge is 2.09. The average Bonchev–Trinajstić information content (AvgIpc) is 2.47. The normalized spacial score (nSPS) is 13.0. The van der Waals surface area contributed by atoms with Gasteiger partial charge in [-0.15, -0.1) is 0 Å². The van der Waals surface area contributed by atoms with E-state index in [-0.39, 0.29) is 5.57 Å². The molecule has 0 saturated heterocycles. The van der Waals surface area contributed by atoms with Crippen LogP contribution >= 0.6 is 11.6 Å². The molecule has 2 rings (SSSR count). The van der Waals surface area contributed by atoms with Gasteiger partial charge in [0.1, 0.15) is 0 Å². The Kier molecular flexibility index (Phi) is 4.78. The summed E-state index contributed by atoms with van der Waals surface area (Å²) in [7, 11) is 0. The first-order chi connectivity index (χ1) is 9.99. The number of hydrogen-bond donors (Lipinski definition) is 2. The van der Waals surface area contributed by atoms with Crippen LogP contribution in [0, 0.1) is 0 Å². The van der Waals surface area contributed by atoms with Gasteiger partial charge in [0.2, 0.25) is 0 Å². The molecule has 0 heterocycles. The standard InChI is InChI=1S/C17H15ClO3/c1-11(17(20)21)10-16(19)13-8-6-12(7-9-13)14-4-2-3-5-15(14)18/h2-10,16,19H,1H3,(H,20,21)/b11-10+. The van der Waals surface area contributed by atoms with Gasteiger partial charge < -0.3 is 10.2 Å². The van der Waals surface area contributed by atoms with Gasteiger partial charge >= 0.3 is 5.97 Å². The van der Waals surface area contributed by atoms with Crippen molar-refractivity contribution in [2.75, 3.05) is 0 Å². The van der Waals surface area contributed by atoms with Gasteiger partial charge in [0.25, 0.3) is 0 Å². The third kappa shape index (κ3) is 3.72. The predicted molar refractivity (Wildman–Crippen MR) is 83.2 cm³/mol. The molecular formula is C17H15ClO3. The molecule has 3 nitrogen and oxygen atoms in total. The fourth-order valence-corrected chi connectivity index (χ4v) is 2.20. The minimum Gasteiger partial charge on any atom is -0.478 e. The number of aliphatic hydroxyl groups excluding tert-OH is 1. The van der Waals surface area contributed by atoms with Crippen LogP contribution in [0.3, 0.4) is 0 Å². The fourth-order valence-electron chi connectivity index (χ4n) is 1.96. The molecule has 21 heavy (non-hydrogen) atoms. The highest BCUT2D eigenvalue weighted by atomic mass is 35.5. The molecule has 0 aliphatic heterocycles. The van der Waals surface area contributed by atoms with Gasteiger partial charge in [-0.05, 0) is 30.2 Å². The summed E-state index contributed by atoms with van der Waals surface area (Å²) in [6.07, 6.45) is 0.369. The highest BCUT2D eigenvalue weighted by molar-refractivity contribution is 6.33. The van der Waals surface area contributed by atoms with E-state index in [0.29, 0.717) is 10.6 Å². The van der Waals surface area contributed by atoms with Gasteiger partial charge in [-0.2, -0.15) is 0 Å². The van der Waals surface area contributed by atoms with E-state index >= 15 is 0 Å². The van der Waals surface area contributed by atoms with Crippen LogP contribution in [0.5, 0.6) is 0 Å². The minimum atomic E-state index is -1.04. The first-order valence-corrected chi connectivity index (χ1v) is 6.81. The third-order valence-corrected chi connectivity index (χ3v) is 3.51. The Morgan fingerprint density at radius 2 is 1.76 bits per heavy atom. The van der Waals surface area contributed by atoms with Gasteiger partial charge in [0.15, 0.2) is 0 Å². The Morgan fingerprint density at radius 1 is 1.14 bits per heavy atom. The first kappa shape index (κ1) is 15.3. The second-order valence-electron chi connectivity index (χ2n) is 4.70. The van der Waals surface area contributed by atoms with Crippen molar-refractivity contribution in [1.82, 2.24) is 0 Å². The Labute approximate surface area is 128 Å². The highest BCUT2D eigenvalue weighted by Crippen LogP contribution is 2.28. The molecule has 0 radical (unpaired) electrons. The van der Waals surface area contributed by atoms with Crippen molar-refractivity contribution in [2.24, 2.45) is 0 Å². The molecule has 1 unspecified atom stereocenters. The molecule has 2 aromatic carbocycles. The van der Waals surface area contributed by atoms with E-state index in [0.717, 1.165) is 11.1 Å². The summed E-state index contributed by atoms with van der Waals surface area (Å²) in [5.74, 6) is -1.04. The smallest absolute Gasteiger partial charge is 0.331 e. The quantitative estimate of drug-likeness (QED) is 0.837. The summed E-state index contributed by atoms with van der Waals surface area (Å²) >= 11 is 6.14. The van der Waals surface area contributed by atoms with E-state index in [4.69, 9.17) is 16.7 Å². The van der Waals surface area contributed by atoms with Crippen LogP contribution < -0.4 is 0 Å². The van der Waals surface area contributed by atoms with E-state index in [1.807, 2.05) is 36.4 Å². The number of aliphatic hydroxyl groups is 1. The molecule has 108 valence electrons. The number of aliphatic carboxylic acids is 1. The number of carboxylic acids is 1. The lowest BCUT2D eigenvalue weighted by Gasteiger charge is -2.09. The number of rotatable bonds is 4. The first-order valence-electron chi connectivity index (χ1n) is 6.43. The number of carbonyl (C=O) groups is 1. The van der Waals surface area contributed by atoms with Crippen LogP contribution in [0.1, 0.15) is 18.6 Å². The molecule has 2 aromatic rings. The molecular weight excluding hydrogens is 288 g/mol. The molecule has 0 bridgehead atoms. The van der Waals surface area contributed by atoms with Crippen molar-refractivity contribution in [1.29, 1.82) is 0 Å². The molecule has 1 atom stereocenters. The Morgan fingerprint density at radius 3 is 2.33 bits per heavy atom. The molecule has 0 fully saturated rings. The van der Waals surface area contributed by atoms with Gasteiger partial charge in [-0.25, -0.2) is 4.79 Å². The van der Waals surface area contributed by atoms with Crippen LogP contribution in [0.25, 0.3) is 11.1 Å². The van der Waals surface area contributed by atoms with Gasteiger partial charge in [-0.1, -0.05) is 54.1 Å². The van der Waals surface area contributed by atoms with Crippen LogP contribution in [0.4, 0.5) is 0 Å². The van der Waals surface area contributed by atoms with E-state index in [2.05, 4.69) is 0 Å². The maximum atomic E-state index is 10.7. The zero-order chi connectivity index (χ0) is 15.4. The lowest BCUT2D eigenvalue weighted by atomic mass is 10.0. The van der Waals surface area contributed by atoms with Crippen molar-refractivity contribution in [3.05, 3.63) is 70.8 Å². The second kappa shape index (κ2) is 6.57. The maximum absolute atomic E-state index is 10.7. The van der Waals surface area contributed by atoms with Gasteiger partial charge in [0.05, 0.1) is 6.10 Å². The molecule has 0 aliphatic carbocycles. The second-order valence-corrected chi connectivity index (χ2v) is 5.11. The van der Waals surface area contributed by atoms with E-state index in [9.17, 15) is 9.90 Å². The topological polar surface area (TPSA) is 57.5 Å². The molecule has 4 heteroatoms. The summed E-state index contributed by atoms with van der Waals surface area (Å²) in [5.41, 5.74) is 2.59. The van der Waals surface area contributed by atoms with Crippen molar-refractivity contribution in [2.45, 2.75) is 13.0 Å². The largest absolute Gasteiger partial charge is 0.478 e. The predicted octanol–water partition coefficient (Wildman–Crippen LogP) is 4.07. The molecule has 0 spiro atoms. The molecule has 0 aromatic heterocycles. The molecule has 0 saturated carbocycles. The Hall–Kier alpha value is -2.10. The average molecular weight is 303 g/mol. The van der Waals surface area contributed by atoms with Crippen LogP contribution in [0.2, 0.25) is 5.02 Å². The summed E-state index contributed by atoms with van der Waals surface area (Å²) in [6.45, 7) is 1.45. The van der Waals surface area contributed by atoms with Crippen molar-refractivity contribution in [3.8, 4) is 11.1 Å². The summed E-state index contributed by atoms with van der Waals surface area (Å²) in [6, 6.07) is 14.7. The van der Waals surface area contributed by atoms with Crippen molar-refractivity contribution >= 4 is 17.6 Å². The minimum absolute atomic E-state index is 0.109. The van der Waals surface area contributed by atoms with Crippen LogP contribution in [-0.2, 0) is 4.79 Å². The number of carboxylic acid groups (broad SMARTS) is 1. The molecule has 0 aliphatic rings. The molecule has 0 amide bonds. The summed E-state index contributed by atoms with van der Waals surface area (Å²) in [5, 5.41) is 19.5. The van der Waals surface area contributed by atoms with Gasteiger partial charge in [0, 0.05) is 16.2 Å². The zero-order valence-electron chi connectivity index (χ0n) is 11.5. The number of halogens is 1. The Balaban J connectivity index is 2.26. The van der Waals surface area contributed by atoms with Crippen molar-refractivity contribution in [3.63, 3.8) is 0 Å². The van der Waals surface area contributed by atoms with E-state index in [1.165, 1.54) is 13.0 Å². The van der Waals surface area contributed by atoms with Crippen molar-refractivity contribution < 1.29 is 15.0 Å². The Bertz CT molecular complexity index is 675. The fraction of sp³-hybridized carbons (Fsp3) is 0.118. The zero-order valence-corrected chi connectivity index (χ0v) is 12.2. The number of hydrogen-bond acceptors (Lipinski definition) is 2. The lowest BCUT2D eigenvalue weighted by Crippen LogP contribution is -2.00. The third-order valence-electron chi connectivity index (χ3n) is 3.18. The van der Waals surface area contributed by atoms with Crippen LogP contribution in [0.15, 0.2) is 60.2 Å². The SMILES string of the molecule is C/C(=C\C(O)c1ccc(-c2ccccc2Cl)cc1)C(=O)O. The van der Waals surface area contributed by atoms with Gasteiger partial charge in [-0.3, -0.25) is 0 Å². The monoisotopic (exact) mass is 302 g/mol. The maximum Gasteiger partial charge on any atom is 0.331 e.